The van der Waals surface area contributed by atoms with E-state index in [1.54, 1.807) is 0 Å². The van der Waals surface area contributed by atoms with Gasteiger partial charge in [-0.2, -0.15) is 0 Å². The highest BCUT2D eigenvalue weighted by molar-refractivity contribution is 5.81. The Morgan fingerprint density at radius 1 is 1.33 bits per heavy atom. The quantitative estimate of drug-likeness (QED) is 0.683. The van der Waals surface area contributed by atoms with Gasteiger partial charge in [0.05, 0.1) is 0 Å². The first-order chi connectivity index (χ1) is 6.84. The molecule has 2 N–H and O–H groups in total. The van der Waals surface area contributed by atoms with Crippen LogP contribution in [0.25, 0.3) is 0 Å². The van der Waals surface area contributed by atoms with Crippen LogP contribution >= 0.6 is 0 Å². The molecule has 0 radical (unpaired) electrons. The Labute approximate surface area is 87.7 Å². The number of carbonyl (C=O) groups is 2. The monoisotopic (exact) mass is 213 g/mol. The lowest BCUT2D eigenvalue weighted by molar-refractivity contribution is -0.146. The number of carboxylic acids is 1. The molecule has 2 aliphatic rings. The number of nitrogens with zero attached hydrogens (tertiary/aromatic N) is 1. The van der Waals surface area contributed by atoms with Crippen LogP contribution in [0, 0.1) is 17.3 Å². The molecule has 5 nitrogen and oxygen atoms in total. The predicted octanol–water partition coefficient (Wildman–Crippen LogP) is 1.10. The average Bonchev–Trinajstić information content (AvgIpc) is 2.39. The fourth-order valence-corrected chi connectivity index (χ4v) is 3.32. The van der Waals surface area contributed by atoms with Gasteiger partial charge in [-0.15, -0.1) is 0 Å². The minimum Gasteiger partial charge on any atom is -0.480 e. The predicted molar refractivity (Wildman–Crippen MR) is 51.5 cm³/mol. The summed E-state index contributed by atoms with van der Waals surface area (Å²) in [6.07, 6.45) is -0.196. The molecule has 1 aliphatic carbocycles. The van der Waals surface area contributed by atoms with Crippen LogP contribution in [0.5, 0.6) is 0 Å². The molecule has 3 atom stereocenters. The lowest BCUT2D eigenvalue weighted by Crippen LogP contribution is -2.50. The molecule has 0 aromatic rings. The topological polar surface area (TPSA) is 77.8 Å². The smallest absolute Gasteiger partial charge is 0.408 e. The minimum atomic E-state index is -1.12. The number of rotatable bonds is 1. The fraction of sp³-hybridized carbons (Fsp3) is 0.800. The van der Waals surface area contributed by atoms with E-state index in [9.17, 15) is 9.59 Å². The van der Waals surface area contributed by atoms with E-state index >= 15 is 0 Å². The van der Waals surface area contributed by atoms with Gasteiger partial charge in [-0.1, -0.05) is 13.8 Å². The maximum Gasteiger partial charge on any atom is 0.408 e. The van der Waals surface area contributed by atoms with Crippen molar-refractivity contribution in [2.75, 3.05) is 6.54 Å². The van der Waals surface area contributed by atoms with Gasteiger partial charge in [-0.05, 0) is 23.7 Å². The van der Waals surface area contributed by atoms with E-state index in [0.29, 0.717) is 6.54 Å². The first-order valence-corrected chi connectivity index (χ1v) is 5.07. The summed E-state index contributed by atoms with van der Waals surface area (Å²) < 4.78 is 0. The molecule has 1 saturated heterocycles. The van der Waals surface area contributed by atoms with Crippen molar-refractivity contribution < 1.29 is 19.8 Å². The molecule has 0 spiro atoms. The zero-order valence-corrected chi connectivity index (χ0v) is 8.80. The number of hydrogen-bond acceptors (Lipinski definition) is 2. The van der Waals surface area contributed by atoms with E-state index in [0.717, 1.165) is 11.3 Å². The number of hydrogen-bond donors (Lipinski definition) is 2. The van der Waals surface area contributed by atoms with Crippen LogP contribution in [-0.2, 0) is 4.79 Å². The van der Waals surface area contributed by atoms with Gasteiger partial charge in [0.25, 0.3) is 0 Å². The van der Waals surface area contributed by atoms with Crippen LogP contribution in [0.1, 0.15) is 20.3 Å². The molecular formula is C10H15NO4. The second-order valence-electron chi connectivity index (χ2n) is 5.20. The number of carboxylic acid groups (broad SMARTS) is 2. The Kier molecular flexibility index (Phi) is 1.96. The summed E-state index contributed by atoms with van der Waals surface area (Å²) in [7, 11) is 0. The van der Waals surface area contributed by atoms with Crippen LogP contribution in [0.15, 0.2) is 0 Å². The maximum atomic E-state index is 11.1. The van der Waals surface area contributed by atoms with Gasteiger partial charge in [-0.3, -0.25) is 4.90 Å². The summed E-state index contributed by atoms with van der Waals surface area (Å²) in [6, 6.07) is -0.851. The summed E-state index contributed by atoms with van der Waals surface area (Å²) >= 11 is 0. The minimum absolute atomic E-state index is 0.0221. The Balaban J connectivity index is 2.27. The van der Waals surface area contributed by atoms with Crippen LogP contribution in [0.3, 0.4) is 0 Å². The number of likely N-dealkylation sites (tertiary alicyclic amines) is 1. The second kappa shape index (κ2) is 2.87. The zero-order valence-electron chi connectivity index (χ0n) is 8.80. The Bertz CT molecular complexity index is 325. The Hall–Kier alpha value is -1.26. The normalized spacial score (nSPS) is 36.9. The molecule has 1 amide bonds. The van der Waals surface area contributed by atoms with E-state index in [4.69, 9.17) is 10.2 Å². The Morgan fingerprint density at radius 3 is 2.33 bits per heavy atom. The average molecular weight is 213 g/mol. The van der Waals surface area contributed by atoms with Crippen molar-refractivity contribution in [3.05, 3.63) is 0 Å². The molecule has 0 bridgehead atoms. The van der Waals surface area contributed by atoms with Crippen LogP contribution < -0.4 is 0 Å². The van der Waals surface area contributed by atoms with Crippen LogP contribution in [0.4, 0.5) is 4.79 Å². The van der Waals surface area contributed by atoms with Gasteiger partial charge in [0.2, 0.25) is 0 Å². The molecule has 0 aromatic heterocycles. The molecule has 1 heterocycles. The van der Waals surface area contributed by atoms with E-state index in [1.807, 2.05) is 13.8 Å². The summed E-state index contributed by atoms with van der Waals surface area (Å²) in [5.41, 5.74) is -0.0437. The molecule has 0 aromatic carbocycles. The summed E-state index contributed by atoms with van der Waals surface area (Å²) in [4.78, 5) is 23.1. The van der Waals surface area contributed by atoms with Crippen molar-refractivity contribution in [1.82, 2.24) is 4.90 Å². The molecular weight excluding hydrogens is 198 g/mol. The summed E-state index contributed by atoms with van der Waals surface area (Å²) in [6.45, 7) is 4.39. The molecule has 84 valence electrons. The lowest BCUT2D eigenvalue weighted by Gasteiger charge is -2.48. The highest BCUT2D eigenvalue weighted by Crippen LogP contribution is 2.57. The van der Waals surface area contributed by atoms with Gasteiger partial charge in [0, 0.05) is 6.54 Å². The first kappa shape index (κ1) is 10.3. The lowest BCUT2D eigenvalue weighted by atomic mass is 9.55. The number of fused-ring (bicyclic) bond motifs is 1. The third-order valence-corrected chi connectivity index (χ3v) is 3.80. The number of aliphatic carboxylic acids is 1. The largest absolute Gasteiger partial charge is 0.480 e. The van der Waals surface area contributed by atoms with E-state index in [-0.39, 0.29) is 17.3 Å². The molecule has 0 unspecified atom stereocenters. The van der Waals surface area contributed by atoms with Gasteiger partial charge < -0.3 is 10.2 Å². The van der Waals surface area contributed by atoms with Crippen molar-refractivity contribution in [2.24, 2.45) is 17.3 Å². The molecule has 1 saturated carbocycles. The third-order valence-electron chi connectivity index (χ3n) is 3.80. The summed E-state index contributed by atoms with van der Waals surface area (Å²) in [5, 5.41) is 18.0. The Morgan fingerprint density at radius 2 is 1.93 bits per heavy atom. The maximum absolute atomic E-state index is 11.1. The van der Waals surface area contributed by atoms with Gasteiger partial charge in [-0.25, -0.2) is 9.59 Å². The highest BCUT2D eigenvalue weighted by atomic mass is 16.4. The molecule has 2 fully saturated rings. The summed E-state index contributed by atoms with van der Waals surface area (Å²) in [5.74, 6) is -0.805. The van der Waals surface area contributed by atoms with Gasteiger partial charge in [0.15, 0.2) is 0 Å². The highest BCUT2D eigenvalue weighted by Gasteiger charge is 2.60. The fourth-order valence-electron chi connectivity index (χ4n) is 3.32. The number of amides is 1. The zero-order chi connectivity index (χ0) is 11.4. The van der Waals surface area contributed by atoms with Crippen molar-refractivity contribution in [3.8, 4) is 0 Å². The third kappa shape index (κ3) is 1.29. The second-order valence-corrected chi connectivity index (χ2v) is 5.20. The van der Waals surface area contributed by atoms with E-state index in [1.165, 1.54) is 0 Å². The molecule has 5 heteroatoms. The SMILES string of the molecule is CC1(C)C[C@H]2CN(C(=O)O)[C@H](C(=O)O)[C@H]21. The van der Waals surface area contributed by atoms with Crippen molar-refractivity contribution in [2.45, 2.75) is 26.3 Å². The van der Waals surface area contributed by atoms with Crippen molar-refractivity contribution >= 4 is 12.1 Å². The molecule has 15 heavy (non-hydrogen) atoms. The van der Waals surface area contributed by atoms with Gasteiger partial charge >= 0.3 is 12.1 Å². The van der Waals surface area contributed by atoms with E-state index in [2.05, 4.69) is 0 Å². The van der Waals surface area contributed by atoms with E-state index < -0.39 is 18.1 Å². The standard InChI is InChI=1S/C10H15NO4/c1-10(2)3-5-4-11(9(14)15)7(6(5)10)8(12)13/h5-7H,3-4H2,1-2H3,(H,12,13)(H,14,15)/t5-,6-,7-/m0/s1. The van der Waals surface area contributed by atoms with Crippen molar-refractivity contribution in [1.29, 1.82) is 0 Å². The van der Waals surface area contributed by atoms with Crippen molar-refractivity contribution in [3.63, 3.8) is 0 Å². The van der Waals surface area contributed by atoms with Crippen LogP contribution in [-0.4, -0.2) is 39.8 Å². The molecule has 2 rings (SSSR count). The van der Waals surface area contributed by atoms with Crippen LogP contribution in [0.2, 0.25) is 0 Å². The first-order valence-electron chi connectivity index (χ1n) is 5.07. The molecule has 1 aliphatic heterocycles. The van der Waals surface area contributed by atoms with Gasteiger partial charge in [0.1, 0.15) is 6.04 Å².